The number of aryl methyl sites for hydroxylation is 1. The molecule has 0 N–H and O–H groups in total. The molecule has 5 rings (SSSR count). The van der Waals surface area contributed by atoms with Crippen LogP contribution >= 0.6 is 0 Å². The highest BCUT2D eigenvalue weighted by atomic mass is 16.5. The number of ether oxygens (including phenoxy) is 1. The van der Waals surface area contributed by atoms with Crippen molar-refractivity contribution in [1.29, 1.82) is 0 Å². The molecular weight excluding hydrogens is 316 g/mol. The fourth-order valence-electron chi connectivity index (χ4n) is 3.90. The number of hydrogen-bond acceptors (Lipinski definition) is 6. The molecule has 1 fully saturated rings. The van der Waals surface area contributed by atoms with Crippen LogP contribution in [0.4, 0.5) is 5.82 Å². The van der Waals surface area contributed by atoms with Crippen LogP contribution in [0.15, 0.2) is 24.7 Å². The molecule has 0 radical (unpaired) electrons. The minimum Gasteiger partial charge on any atom is -0.381 e. The molecule has 128 valence electrons. The standard InChI is InChI=1S/C18H20N6O/c1-12-22-16(14-5-8-25-10-14)17-18(20-11-21-24(12)17)23-7-4-15-13(9-23)3-2-6-19-15/h2-3,6,11,14H,4-5,7-10H2,1H3/t14-/m1/s1. The Kier molecular flexibility index (Phi) is 3.41. The zero-order chi connectivity index (χ0) is 16.8. The first-order valence-electron chi connectivity index (χ1n) is 8.77. The van der Waals surface area contributed by atoms with Crippen molar-refractivity contribution in [2.24, 2.45) is 0 Å². The van der Waals surface area contributed by atoms with Crippen LogP contribution in [0.25, 0.3) is 5.52 Å². The average Bonchev–Trinajstić information content (AvgIpc) is 3.29. The Balaban J connectivity index is 1.62. The highest BCUT2D eigenvalue weighted by molar-refractivity contribution is 5.73. The fourth-order valence-corrected chi connectivity index (χ4v) is 3.90. The quantitative estimate of drug-likeness (QED) is 0.712. The first-order valence-corrected chi connectivity index (χ1v) is 8.77. The van der Waals surface area contributed by atoms with E-state index in [1.807, 2.05) is 23.7 Å². The van der Waals surface area contributed by atoms with E-state index in [1.54, 1.807) is 6.33 Å². The van der Waals surface area contributed by atoms with Crippen molar-refractivity contribution in [3.63, 3.8) is 0 Å². The third-order valence-corrected chi connectivity index (χ3v) is 5.18. The minimum atomic E-state index is 0.326. The summed E-state index contributed by atoms with van der Waals surface area (Å²) < 4.78 is 7.51. The summed E-state index contributed by atoms with van der Waals surface area (Å²) in [5, 5.41) is 4.44. The van der Waals surface area contributed by atoms with Gasteiger partial charge in [-0.1, -0.05) is 6.07 Å². The minimum absolute atomic E-state index is 0.326. The Morgan fingerprint density at radius 3 is 3.12 bits per heavy atom. The van der Waals surface area contributed by atoms with Crippen LogP contribution in [0, 0.1) is 6.92 Å². The van der Waals surface area contributed by atoms with Crippen LogP contribution in [0.5, 0.6) is 0 Å². The van der Waals surface area contributed by atoms with Crippen LogP contribution in [0.2, 0.25) is 0 Å². The molecular formula is C18H20N6O. The van der Waals surface area contributed by atoms with Gasteiger partial charge in [0.2, 0.25) is 0 Å². The van der Waals surface area contributed by atoms with Crippen molar-refractivity contribution in [1.82, 2.24) is 24.6 Å². The van der Waals surface area contributed by atoms with Crippen molar-refractivity contribution in [3.05, 3.63) is 47.4 Å². The molecule has 3 aromatic heterocycles. The third-order valence-electron chi connectivity index (χ3n) is 5.18. The zero-order valence-corrected chi connectivity index (χ0v) is 14.2. The van der Waals surface area contributed by atoms with Crippen molar-refractivity contribution < 1.29 is 4.74 Å². The normalized spacial score (nSPS) is 20.2. The fraction of sp³-hybridized carbons (Fsp3) is 0.444. The molecule has 1 saturated heterocycles. The summed E-state index contributed by atoms with van der Waals surface area (Å²) in [6.07, 6.45) is 5.44. The molecule has 0 saturated carbocycles. The molecule has 5 heterocycles. The Morgan fingerprint density at radius 1 is 1.28 bits per heavy atom. The Bertz CT molecular complexity index is 930. The first kappa shape index (κ1) is 14.8. The topological polar surface area (TPSA) is 68.4 Å². The van der Waals surface area contributed by atoms with Crippen LogP contribution in [-0.2, 0) is 17.7 Å². The van der Waals surface area contributed by atoms with Gasteiger partial charge in [0.1, 0.15) is 17.7 Å². The van der Waals surface area contributed by atoms with Gasteiger partial charge in [0.15, 0.2) is 5.82 Å². The number of pyridine rings is 1. The number of hydrogen-bond donors (Lipinski definition) is 0. The Morgan fingerprint density at radius 2 is 2.24 bits per heavy atom. The maximum Gasteiger partial charge on any atom is 0.158 e. The average molecular weight is 336 g/mol. The third kappa shape index (κ3) is 2.38. The molecule has 2 aliphatic rings. The van der Waals surface area contributed by atoms with Crippen molar-refractivity contribution >= 4 is 11.3 Å². The van der Waals surface area contributed by atoms with Gasteiger partial charge in [-0.3, -0.25) is 4.98 Å². The molecule has 25 heavy (non-hydrogen) atoms. The van der Waals surface area contributed by atoms with Crippen LogP contribution in [0.1, 0.15) is 35.1 Å². The summed E-state index contributed by atoms with van der Waals surface area (Å²) >= 11 is 0. The lowest BCUT2D eigenvalue weighted by Crippen LogP contribution is -2.32. The summed E-state index contributed by atoms with van der Waals surface area (Å²) in [6, 6.07) is 4.16. The molecule has 2 aliphatic heterocycles. The van der Waals surface area contributed by atoms with Gasteiger partial charge in [-0.25, -0.2) is 14.5 Å². The van der Waals surface area contributed by atoms with Crippen molar-refractivity contribution in [2.45, 2.75) is 32.2 Å². The maximum absolute atomic E-state index is 5.59. The number of aromatic nitrogens is 5. The zero-order valence-electron chi connectivity index (χ0n) is 14.2. The van der Waals surface area contributed by atoms with Gasteiger partial charge in [0.05, 0.1) is 12.3 Å². The number of imidazole rings is 1. The highest BCUT2D eigenvalue weighted by Crippen LogP contribution is 2.33. The molecule has 3 aromatic rings. The summed E-state index contributed by atoms with van der Waals surface area (Å²) in [4.78, 5) is 16.3. The van der Waals surface area contributed by atoms with Gasteiger partial charge in [-0.15, -0.1) is 0 Å². The lowest BCUT2D eigenvalue weighted by molar-refractivity contribution is 0.193. The van der Waals surface area contributed by atoms with E-state index in [1.165, 1.54) is 11.3 Å². The van der Waals surface area contributed by atoms with E-state index in [0.717, 1.165) is 62.0 Å². The highest BCUT2D eigenvalue weighted by Gasteiger charge is 2.28. The Hall–Kier alpha value is -2.54. The van der Waals surface area contributed by atoms with Gasteiger partial charge in [-0.2, -0.15) is 5.10 Å². The second-order valence-corrected chi connectivity index (χ2v) is 6.73. The molecule has 0 aromatic carbocycles. The predicted molar refractivity (Wildman–Crippen MR) is 92.7 cm³/mol. The van der Waals surface area contributed by atoms with E-state index in [9.17, 15) is 0 Å². The molecule has 1 atom stereocenters. The summed E-state index contributed by atoms with van der Waals surface area (Å²) in [7, 11) is 0. The molecule has 7 heteroatoms. The van der Waals surface area contributed by atoms with E-state index < -0.39 is 0 Å². The van der Waals surface area contributed by atoms with Gasteiger partial charge in [-0.05, 0) is 25.0 Å². The lowest BCUT2D eigenvalue weighted by atomic mass is 10.0. The van der Waals surface area contributed by atoms with Crippen LogP contribution in [0.3, 0.4) is 0 Å². The molecule has 0 amide bonds. The SMILES string of the molecule is Cc1nc([C@@H]2CCOC2)c2c(N3CCc4ncccc4C3)ncnn12. The summed E-state index contributed by atoms with van der Waals surface area (Å²) in [5.41, 5.74) is 4.57. The molecule has 7 nitrogen and oxygen atoms in total. The molecule has 0 bridgehead atoms. The number of nitrogens with zero attached hydrogens (tertiary/aromatic N) is 6. The summed E-state index contributed by atoms with van der Waals surface area (Å²) in [5.74, 6) is 2.19. The lowest BCUT2D eigenvalue weighted by Gasteiger charge is -2.29. The maximum atomic E-state index is 5.59. The summed E-state index contributed by atoms with van der Waals surface area (Å²) in [6.45, 7) is 5.25. The van der Waals surface area contributed by atoms with Crippen LogP contribution in [-0.4, -0.2) is 44.3 Å². The molecule has 0 unspecified atom stereocenters. The number of fused-ring (bicyclic) bond motifs is 2. The van der Waals surface area contributed by atoms with Crippen molar-refractivity contribution in [2.75, 3.05) is 24.7 Å². The number of anilines is 1. The monoisotopic (exact) mass is 336 g/mol. The van der Waals surface area contributed by atoms with Gasteiger partial charge >= 0.3 is 0 Å². The second kappa shape index (κ2) is 5.77. The Labute approximate surface area is 145 Å². The molecule has 0 aliphatic carbocycles. The molecule has 0 spiro atoms. The number of rotatable bonds is 2. The van der Waals surface area contributed by atoms with E-state index in [-0.39, 0.29) is 0 Å². The van der Waals surface area contributed by atoms with E-state index in [4.69, 9.17) is 9.72 Å². The van der Waals surface area contributed by atoms with Gasteiger partial charge < -0.3 is 9.64 Å². The van der Waals surface area contributed by atoms with Crippen molar-refractivity contribution in [3.8, 4) is 0 Å². The van der Waals surface area contributed by atoms with E-state index in [2.05, 4.69) is 26.0 Å². The van der Waals surface area contributed by atoms with E-state index >= 15 is 0 Å². The van der Waals surface area contributed by atoms with Gasteiger partial charge in [0.25, 0.3) is 0 Å². The van der Waals surface area contributed by atoms with E-state index in [0.29, 0.717) is 5.92 Å². The predicted octanol–water partition coefficient (Wildman–Crippen LogP) is 1.89. The second-order valence-electron chi connectivity index (χ2n) is 6.73. The smallest absolute Gasteiger partial charge is 0.158 e. The van der Waals surface area contributed by atoms with Gasteiger partial charge in [0, 0.05) is 43.9 Å². The largest absolute Gasteiger partial charge is 0.381 e. The van der Waals surface area contributed by atoms with Crippen LogP contribution < -0.4 is 4.90 Å². The first-order chi connectivity index (χ1) is 12.3.